The summed E-state index contributed by atoms with van der Waals surface area (Å²) >= 11 is 0. The van der Waals surface area contributed by atoms with Crippen LogP contribution in [0.15, 0.2) is 18.2 Å². The van der Waals surface area contributed by atoms with Gasteiger partial charge in [0.15, 0.2) is 0 Å². The first-order valence-electron chi connectivity index (χ1n) is 7.87. The van der Waals surface area contributed by atoms with Gasteiger partial charge in [0, 0.05) is 29.9 Å². The summed E-state index contributed by atoms with van der Waals surface area (Å²) in [5.41, 5.74) is 3.28. The minimum Gasteiger partial charge on any atom is -0.385 e. The van der Waals surface area contributed by atoms with Crippen LogP contribution in [-0.4, -0.2) is 29.4 Å². The van der Waals surface area contributed by atoms with Crippen molar-refractivity contribution in [3.05, 3.63) is 29.3 Å². The van der Waals surface area contributed by atoms with Gasteiger partial charge in [-0.1, -0.05) is 6.07 Å². The normalized spacial score (nSPS) is 24.6. The van der Waals surface area contributed by atoms with Crippen LogP contribution in [0.3, 0.4) is 0 Å². The molecular formula is C17H25ClN2O. The van der Waals surface area contributed by atoms with E-state index in [0.29, 0.717) is 12.1 Å². The second-order valence-electron chi connectivity index (χ2n) is 6.20. The average Bonchev–Trinajstić information content (AvgIpc) is 2.46. The minimum atomic E-state index is 0. The van der Waals surface area contributed by atoms with E-state index in [0.717, 1.165) is 43.5 Å². The molecule has 0 radical (unpaired) electrons. The number of carbonyl (C=O) groups is 1. The third-order valence-corrected chi connectivity index (χ3v) is 4.75. The molecule has 21 heavy (non-hydrogen) atoms. The van der Waals surface area contributed by atoms with Crippen LogP contribution in [0.1, 0.15) is 55.5 Å². The van der Waals surface area contributed by atoms with Crippen LogP contribution in [-0.2, 0) is 6.42 Å². The highest BCUT2D eigenvalue weighted by molar-refractivity contribution is 5.97. The summed E-state index contributed by atoms with van der Waals surface area (Å²) in [6, 6.07) is 6.82. The summed E-state index contributed by atoms with van der Waals surface area (Å²) in [7, 11) is 0. The largest absolute Gasteiger partial charge is 0.385 e. The zero-order chi connectivity index (χ0) is 14.1. The predicted molar refractivity (Wildman–Crippen MR) is 89.4 cm³/mol. The predicted octanol–water partition coefficient (Wildman–Crippen LogP) is 3.87. The van der Waals surface area contributed by atoms with Crippen LogP contribution in [0, 0.1) is 0 Å². The molecule has 2 aliphatic rings. The molecule has 2 atom stereocenters. The molecule has 1 N–H and O–H groups in total. The second-order valence-corrected chi connectivity index (χ2v) is 6.20. The Labute approximate surface area is 133 Å². The fourth-order valence-electron chi connectivity index (χ4n) is 3.67. The molecule has 116 valence electrons. The first-order valence-corrected chi connectivity index (χ1v) is 7.87. The molecule has 1 aromatic carbocycles. The summed E-state index contributed by atoms with van der Waals surface area (Å²) in [5.74, 6) is 0.227. The first kappa shape index (κ1) is 16.2. The van der Waals surface area contributed by atoms with Crippen LogP contribution in [0.2, 0.25) is 0 Å². The summed E-state index contributed by atoms with van der Waals surface area (Å²) in [6.45, 7) is 5.38. The van der Waals surface area contributed by atoms with Crippen molar-refractivity contribution >= 4 is 24.0 Å². The topological polar surface area (TPSA) is 32.3 Å². The number of fused-ring (bicyclic) bond motifs is 1. The smallest absolute Gasteiger partial charge is 0.254 e. The number of anilines is 1. The van der Waals surface area contributed by atoms with Crippen LogP contribution in [0.5, 0.6) is 0 Å². The Kier molecular flexibility index (Phi) is 5.15. The fraction of sp³-hybridized carbons (Fsp3) is 0.588. The van der Waals surface area contributed by atoms with Crippen LogP contribution in [0.4, 0.5) is 5.69 Å². The van der Waals surface area contributed by atoms with E-state index in [1.54, 1.807) is 0 Å². The van der Waals surface area contributed by atoms with Crippen molar-refractivity contribution in [1.82, 2.24) is 4.90 Å². The van der Waals surface area contributed by atoms with E-state index in [9.17, 15) is 4.79 Å². The van der Waals surface area contributed by atoms with Gasteiger partial charge in [0.2, 0.25) is 0 Å². The molecule has 1 aromatic rings. The molecule has 3 rings (SSSR count). The molecule has 1 amide bonds. The molecule has 1 saturated heterocycles. The van der Waals surface area contributed by atoms with Crippen LogP contribution in [0.25, 0.3) is 0 Å². The van der Waals surface area contributed by atoms with E-state index >= 15 is 0 Å². The first-order chi connectivity index (χ1) is 9.68. The van der Waals surface area contributed by atoms with Crippen molar-refractivity contribution in [3.8, 4) is 0 Å². The van der Waals surface area contributed by atoms with Crippen molar-refractivity contribution in [2.24, 2.45) is 0 Å². The van der Waals surface area contributed by atoms with Crippen LogP contribution >= 0.6 is 12.4 Å². The van der Waals surface area contributed by atoms with E-state index in [1.165, 1.54) is 12.0 Å². The number of halogens is 1. The van der Waals surface area contributed by atoms with Gasteiger partial charge in [-0.05, 0) is 63.6 Å². The number of hydrogen-bond acceptors (Lipinski definition) is 2. The van der Waals surface area contributed by atoms with E-state index in [2.05, 4.69) is 30.1 Å². The van der Waals surface area contributed by atoms with E-state index in [-0.39, 0.29) is 18.3 Å². The molecule has 0 aromatic heterocycles. The molecule has 4 heteroatoms. The molecule has 2 aliphatic heterocycles. The van der Waals surface area contributed by atoms with Gasteiger partial charge in [-0.15, -0.1) is 12.4 Å². The maximum absolute atomic E-state index is 13.0. The number of nitrogens with zero attached hydrogens (tertiary/aromatic N) is 1. The maximum atomic E-state index is 13.0. The van der Waals surface area contributed by atoms with Gasteiger partial charge in [-0.2, -0.15) is 0 Å². The Morgan fingerprint density at radius 3 is 2.62 bits per heavy atom. The van der Waals surface area contributed by atoms with Gasteiger partial charge in [0.25, 0.3) is 5.91 Å². The average molecular weight is 309 g/mol. The van der Waals surface area contributed by atoms with Gasteiger partial charge < -0.3 is 10.2 Å². The van der Waals surface area contributed by atoms with Gasteiger partial charge >= 0.3 is 0 Å². The molecule has 1 fully saturated rings. The Bertz CT molecular complexity index is 508. The van der Waals surface area contributed by atoms with Crippen LogP contribution < -0.4 is 5.32 Å². The number of rotatable bonds is 1. The Balaban J connectivity index is 0.00000161. The zero-order valence-electron chi connectivity index (χ0n) is 12.9. The lowest BCUT2D eigenvalue weighted by atomic mass is 9.93. The van der Waals surface area contributed by atoms with Crippen molar-refractivity contribution in [2.75, 3.05) is 11.9 Å². The van der Waals surface area contributed by atoms with Crippen molar-refractivity contribution in [2.45, 2.75) is 58.0 Å². The standard InChI is InChI=1S/C17H24N2O.ClH/c1-12-6-3-7-13(2)19(12)17(20)15-8-4-10-16-14(15)9-5-11-18-16;/h4,8,10,12-13,18H,3,5-7,9,11H2,1-2H3;1H. The lowest BCUT2D eigenvalue weighted by Crippen LogP contribution is -2.47. The summed E-state index contributed by atoms with van der Waals surface area (Å²) < 4.78 is 0. The molecule has 0 aliphatic carbocycles. The highest BCUT2D eigenvalue weighted by Gasteiger charge is 2.31. The molecule has 0 bridgehead atoms. The third-order valence-electron chi connectivity index (χ3n) is 4.75. The molecule has 2 unspecified atom stereocenters. The van der Waals surface area contributed by atoms with Gasteiger partial charge in [0.1, 0.15) is 0 Å². The lowest BCUT2D eigenvalue weighted by molar-refractivity contribution is 0.0509. The number of amides is 1. The highest BCUT2D eigenvalue weighted by atomic mass is 35.5. The number of nitrogens with one attached hydrogen (secondary N) is 1. The summed E-state index contributed by atoms with van der Waals surface area (Å²) in [5, 5.41) is 3.41. The van der Waals surface area contributed by atoms with Crippen molar-refractivity contribution in [3.63, 3.8) is 0 Å². The summed E-state index contributed by atoms with van der Waals surface area (Å²) in [4.78, 5) is 15.1. The Hall–Kier alpha value is -1.22. The maximum Gasteiger partial charge on any atom is 0.254 e. The quantitative estimate of drug-likeness (QED) is 0.854. The third kappa shape index (κ3) is 3.03. The Morgan fingerprint density at radius 2 is 1.90 bits per heavy atom. The SMILES string of the molecule is CC1CCCC(C)N1C(=O)c1cccc2c1CCCN2.Cl. The molecule has 3 nitrogen and oxygen atoms in total. The fourth-order valence-corrected chi connectivity index (χ4v) is 3.67. The van der Waals surface area contributed by atoms with Crippen molar-refractivity contribution in [1.29, 1.82) is 0 Å². The molecular weight excluding hydrogens is 284 g/mol. The second kappa shape index (κ2) is 6.69. The molecule has 0 spiro atoms. The highest BCUT2D eigenvalue weighted by Crippen LogP contribution is 2.30. The number of benzene rings is 1. The lowest BCUT2D eigenvalue weighted by Gasteiger charge is -2.39. The number of hydrogen-bond donors (Lipinski definition) is 1. The minimum absolute atomic E-state index is 0. The van der Waals surface area contributed by atoms with E-state index in [4.69, 9.17) is 0 Å². The van der Waals surface area contributed by atoms with Gasteiger partial charge in [-0.25, -0.2) is 0 Å². The zero-order valence-corrected chi connectivity index (χ0v) is 13.7. The monoisotopic (exact) mass is 308 g/mol. The molecule has 0 saturated carbocycles. The number of piperidine rings is 1. The summed E-state index contributed by atoms with van der Waals surface area (Å²) in [6.07, 6.45) is 5.62. The molecule has 2 heterocycles. The van der Waals surface area contributed by atoms with E-state index < -0.39 is 0 Å². The van der Waals surface area contributed by atoms with Gasteiger partial charge in [0.05, 0.1) is 0 Å². The number of carbonyl (C=O) groups excluding carboxylic acids is 1. The number of likely N-dealkylation sites (tertiary alicyclic amines) is 1. The Morgan fingerprint density at radius 1 is 1.19 bits per heavy atom. The van der Waals surface area contributed by atoms with E-state index in [1.807, 2.05) is 12.1 Å². The van der Waals surface area contributed by atoms with Crippen molar-refractivity contribution < 1.29 is 4.79 Å². The van der Waals surface area contributed by atoms with Gasteiger partial charge in [-0.3, -0.25) is 4.79 Å².